The normalized spacial score (nSPS) is 11.9. The molecule has 1 atom stereocenters. The lowest BCUT2D eigenvalue weighted by atomic mass is 10.1. The van der Waals surface area contributed by atoms with Crippen LogP contribution < -0.4 is 5.32 Å². The van der Waals surface area contributed by atoms with Crippen LogP contribution in [0.15, 0.2) is 60.7 Å². The van der Waals surface area contributed by atoms with Gasteiger partial charge in [0, 0.05) is 11.8 Å². The number of benzene rings is 2. The number of hydrogen-bond acceptors (Lipinski definition) is 3. The van der Waals surface area contributed by atoms with Gasteiger partial charge in [0.25, 0.3) is 5.91 Å². The van der Waals surface area contributed by atoms with Crippen LogP contribution in [0.1, 0.15) is 18.1 Å². The van der Waals surface area contributed by atoms with E-state index in [9.17, 15) is 9.59 Å². The average molecular weight is 309 g/mol. The molecule has 0 unspecified atom stereocenters. The second kappa shape index (κ2) is 7.94. The first-order valence-electron chi connectivity index (χ1n) is 7.36. The second-order valence-corrected chi connectivity index (χ2v) is 5.12. The van der Waals surface area contributed by atoms with Gasteiger partial charge >= 0.3 is 5.97 Å². The molecule has 0 bridgehead atoms. The van der Waals surface area contributed by atoms with Crippen LogP contribution in [-0.4, -0.2) is 18.0 Å². The number of nitrogens with one attached hydrogen (secondary N) is 1. The maximum absolute atomic E-state index is 12.0. The molecule has 0 aromatic heterocycles. The van der Waals surface area contributed by atoms with Crippen molar-refractivity contribution in [1.82, 2.24) is 0 Å². The fourth-order valence-corrected chi connectivity index (χ4v) is 1.96. The minimum absolute atomic E-state index is 0.367. The summed E-state index contributed by atoms with van der Waals surface area (Å²) in [5.41, 5.74) is 2.66. The van der Waals surface area contributed by atoms with E-state index in [0.717, 1.165) is 11.1 Å². The van der Waals surface area contributed by atoms with E-state index in [4.69, 9.17) is 4.74 Å². The fraction of sp³-hybridized carbons (Fsp3) is 0.158. The van der Waals surface area contributed by atoms with Crippen molar-refractivity contribution in [3.05, 3.63) is 71.8 Å². The van der Waals surface area contributed by atoms with Gasteiger partial charge in [0.2, 0.25) is 0 Å². The predicted octanol–water partition coefficient (Wildman–Crippen LogP) is 3.58. The lowest BCUT2D eigenvalue weighted by molar-refractivity contribution is -0.148. The van der Waals surface area contributed by atoms with Crippen LogP contribution in [0.3, 0.4) is 0 Å². The molecule has 118 valence electrons. The molecule has 0 saturated heterocycles. The Bertz CT molecular complexity index is 708. The molecule has 2 rings (SSSR count). The summed E-state index contributed by atoms with van der Waals surface area (Å²) >= 11 is 0. The monoisotopic (exact) mass is 309 g/mol. The Labute approximate surface area is 135 Å². The van der Waals surface area contributed by atoms with Crippen LogP contribution in [-0.2, 0) is 14.3 Å². The summed E-state index contributed by atoms with van der Waals surface area (Å²) in [7, 11) is 0. The van der Waals surface area contributed by atoms with E-state index < -0.39 is 12.1 Å². The Hall–Kier alpha value is -2.88. The van der Waals surface area contributed by atoms with E-state index in [-0.39, 0.29) is 5.91 Å². The summed E-state index contributed by atoms with van der Waals surface area (Å²) in [6.45, 7) is 3.50. The third-order valence-corrected chi connectivity index (χ3v) is 3.29. The van der Waals surface area contributed by atoms with Gasteiger partial charge in [0.05, 0.1) is 0 Å². The van der Waals surface area contributed by atoms with Crippen molar-refractivity contribution in [3.8, 4) is 0 Å². The Balaban J connectivity index is 1.89. The Morgan fingerprint density at radius 1 is 1.04 bits per heavy atom. The molecule has 0 aliphatic rings. The molecule has 4 nitrogen and oxygen atoms in total. The number of rotatable bonds is 5. The summed E-state index contributed by atoms with van der Waals surface area (Å²) < 4.78 is 5.11. The molecule has 23 heavy (non-hydrogen) atoms. The molecule has 0 heterocycles. The summed E-state index contributed by atoms with van der Waals surface area (Å²) in [4.78, 5) is 23.8. The number of amides is 1. The van der Waals surface area contributed by atoms with E-state index in [1.54, 1.807) is 18.2 Å². The van der Waals surface area contributed by atoms with Crippen molar-refractivity contribution in [1.29, 1.82) is 0 Å². The molecule has 2 aromatic carbocycles. The van der Waals surface area contributed by atoms with Gasteiger partial charge in [-0.25, -0.2) is 4.79 Å². The van der Waals surface area contributed by atoms with Crippen molar-refractivity contribution >= 4 is 23.6 Å². The molecule has 1 N–H and O–H groups in total. The number of esters is 1. The molecule has 4 heteroatoms. The summed E-state index contributed by atoms with van der Waals surface area (Å²) in [5.74, 6) is -0.919. The molecule has 0 saturated carbocycles. The van der Waals surface area contributed by atoms with Crippen molar-refractivity contribution in [3.63, 3.8) is 0 Å². The average Bonchev–Trinajstić information content (AvgIpc) is 2.55. The fourth-order valence-electron chi connectivity index (χ4n) is 1.96. The molecular formula is C19H19NO3. The number of para-hydroxylation sites is 1. The number of aryl methyl sites for hydroxylation is 1. The van der Waals surface area contributed by atoms with Crippen molar-refractivity contribution in [2.24, 2.45) is 0 Å². The molecular weight excluding hydrogens is 290 g/mol. The highest BCUT2D eigenvalue weighted by molar-refractivity contribution is 5.96. The zero-order valence-corrected chi connectivity index (χ0v) is 13.2. The third-order valence-electron chi connectivity index (χ3n) is 3.29. The number of carbonyl (C=O) groups is 2. The van der Waals surface area contributed by atoms with E-state index in [1.165, 1.54) is 13.0 Å². The first-order chi connectivity index (χ1) is 11.1. The van der Waals surface area contributed by atoms with Crippen LogP contribution in [0.2, 0.25) is 0 Å². The van der Waals surface area contributed by atoms with E-state index >= 15 is 0 Å². The summed E-state index contributed by atoms with van der Waals surface area (Å²) in [6.07, 6.45) is 2.14. The van der Waals surface area contributed by atoms with E-state index in [0.29, 0.717) is 5.69 Å². The van der Waals surface area contributed by atoms with Crippen LogP contribution in [0.5, 0.6) is 0 Å². The number of carbonyl (C=O) groups excluding carboxylic acids is 2. The quantitative estimate of drug-likeness (QED) is 0.678. The van der Waals surface area contributed by atoms with Crippen molar-refractivity contribution in [2.45, 2.75) is 20.0 Å². The minimum atomic E-state index is -0.871. The van der Waals surface area contributed by atoms with E-state index in [1.807, 2.05) is 49.4 Å². The van der Waals surface area contributed by atoms with Crippen LogP contribution in [0.4, 0.5) is 5.69 Å². The van der Waals surface area contributed by atoms with Gasteiger partial charge in [-0.2, -0.15) is 0 Å². The molecule has 1 amide bonds. The number of ether oxygens (including phenoxy) is 1. The smallest absolute Gasteiger partial charge is 0.331 e. The predicted molar refractivity (Wildman–Crippen MR) is 90.8 cm³/mol. The lowest BCUT2D eigenvalue weighted by Crippen LogP contribution is -2.29. The lowest BCUT2D eigenvalue weighted by Gasteiger charge is -2.12. The van der Waals surface area contributed by atoms with Gasteiger partial charge in [0.1, 0.15) is 0 Å². The molecule has 0 radical (unpaired) electrons. The van der Waals surface area contributed by atoms with Crippen LogP contribution >= 0.6 is 0 Å². The minimum Gasteiger partial charge on any atom is -0.449 e. The van der Waals surface area contributed by atoms with Gasteiger partial charge in [0.15, 0.2) is 6.10 Å². The molecule has 0 aliphatic heterocycles. The van der Waals surface area contributed by atoms with E-state index in [2.05, 4.69) is 5.32 Å². The molecule has 2 aromatic rings. The van der Waals surface area contributed by atoms with Gasteiger partial charge in [-0.3, -0.25) is 4.79 Å². The molecule has 0 aliphatic carbocycles. The first-order valence-corrected chi connectivity index (χ1v) is 7.36. The second-order valence-electron chi connectivity index (χ2n) is 5.12. The standard InChI is InChI=1S/C19H19NO3/c1-14-8-6-7-9-16(14)12-13-18(21)23-15(2)19(22)20-17-10-4-3-5-11-17/h3-13,15H,1-2H3,(H,20,22)/b13-12+/t15-/m1/s1. The highest BCUT2D eigenvalue weighted by atomic mass is 16.5. The largest absolute Gasteiger partial charge is 0.449 e. The Kier molecular flexibility index (Phi) is 5.69. The maximum Gasteiger partial charge on any atom is 0.331 e. The SMILES string of the molecule is Cc1ccccc1/C=C/C(=O)O[C@H](C)C(=O)Nc1ccccc1. The van der Waals surface area contributed by atoms with Crippen molar-refractivity contribution in [2.75, 3.05) is 5.32 Å². The van der Waals surface area contributed by atoms with Crippen LogP contribution in [0.25, 0.3) is 6.08 Å². The number of hydrogen-bond donors (Lipinski definition) is 1. The first kappa shape index (κ1) is 16.5. The van der Waals surface area contributed by atoms with Gasteiger partial charge in [-0.05, 0) is 43.2 Å². The Morgan fingerprint density at radius 3 is 2.39 bits per heavy atom. The van der Waals surface area contributed by atoms with Gasteiger partial charge in [-0.1, -0.05) is 42.5 Å². The number of anilines is 1. The Morgan fingerprint density at radius 2 is 1.70 bits per heavy atom. The highest BCUT2D eigenvalue weighted by Gasteiger charge is 2.16. The van der Waals surface area contributed by atoms with Gasteiger partial charge in [-0.15, -0.1) is 0 Å². The maximum atomic E-state index is 12.0. The summed E-state index contributed by atoms with van der Waals surface area (Å²) in [5, 5.41) is 2.69. The van der Waals surface area contributed by atoms with Crippen LogP contribution in [0, 0.1) is 6.92 Å². The summed E-state index contributed by atoms with van der Waals surface area (Å²) in [6, 6.07) is 16.7. The zero-order chi connectivity index (χ0) is 16.7. The highest BCUT2D eigenvalue weighted by Crippen LogP contribution is 2.10. The van der Waals surface area contributed by atoms with Gasteiger partial charge < -0.3 is 10.1 Å². The zero-order valence-electron chi connectivity index (χ0n) is 13.2. The molecule has 0 spiro atoms. The third kappa shape index (κ3) is 5.11. The topological polar surface area (TPSA) is 55.4 Å². The van der Waals surface area contributed by atoms with Crippen molar-refractivity contribution < 1.29 is 14.3 Å². The molecule has 0 fully saturated rings.